The van der Waals surface area contributed by atoms with Crippen molar-refractivity contribution in [3.63, 3.8) is 0 Å². The van der Waals surface area contributed by atoms with Crippen LogP contribution in [0.25, 0.3) is 0 Å². The van der Waals surface area contributed by atoms with E-state index < -0.39 is 0 Å². The highest BCUT2D eigenvalue weighted by atomic mass is 32.1. The first-order valence-electron chi connectivity index (χ1n) is 7.66. The van der Waals surface area contributed by atoms with Crippen molar-refractivity contribution < 1.29 is 4.79 Å². The second kappa shape index (κ2) is 6.19. The van der Waals surface area contributed by atoms with Gasteiger partial charge in [-0.05, 0) is 18.8 Å². The second-order valence-electron chi connectivity index (χ2n) is 5.92. The highest BCUT2D eigenvalue weighted by molar-refractivity contribution is 7.18. The van der Waals surface area contributed by atoms with Gasteiger partial charge in [-0.3, -0.25) is 4.79 Å². The zero-order valence-electron chi connectivity index (χ0n) is 12.5. The summed E-state index contributed by atoms with van der Waals surface area (Å²) in [7, 11) is 0. The fraction of sp³-hybridized carbons (Fsp3) is 0.714. The molecule has 1 amide bonds. The van der Waals surface area contributed by atoms with E-state index in [1.807, 2.05) is 4.90 Å². The molecular formula is C14H23N5OS. The largest absolute Gasteiger partial charge is 0.382 e. The third kappa shape index (κ3) is 3.13. The summed E-state index contributed by atoms with van der Waals surface area (Å²) in [5, 5.41) is 4.19. The van der Waals surface area contributed by atoms with Crippen LogP contribution in [0.3, 0.4) is 0 Å². The second-order valence-corrected chi connectivity index (χ2v) is 6.90. The van der Waals surface area contributed by atoms with Gasteiger partial charge in [-0.25, -0.2) is 4.98 Å². The highest BCUT2D eigenvalue weighted by Gasteiger charge is 2.26. The molecule has 116 valence electrons. The third-order valence-corrected chi connectivity index (χ3v) is 5.41. The number of nitrogen functional groups attached to an aromatic ring is 1. The number of nitrogens with one attached hydrogen (secondary N) is 1. The molecule has 1 aromatic heterocycles. The number of piperidine rings is 1. The highest BCUT2D eigenvalue weighted by Crippen LogP contribution is 2.30. The smallest absolute Gasteiger partial charge is 0.267 e. The Labute approximate surface area is 129 Å². The molecule has 0 radical (unpaired) electrons. The quantitative estimate of drug-likeness (QED) is 0.853. The van der Waals surface area contributed by atoms with Gasteiger partial charge in [-0.15, -0.1) is 0 Å². The molecule has 3 N–H and O–H groups in total. The Balaban J connectivity index is 1.72. The number of hydrogen-bond donors (Lipinski definition) is 2. The summed E-state index contributed by atoms with van der Waals surface area (Å²) < 4.78 is 0. The predicted molar refractivity (Wildman–Crippen MR) is 85.9 cm³/mol. The Morgan fingerprint density at radius 3 is 2.62 bits per heavy atom. The molecule has 0 spiro atoms. The molecule has 2 saturated heterocycles. The van der Waals surface area contributed by atoms with Crippen LogP contribution in [-0.2, 0) is 0 Å². The Hall–Kier alpha value is -1.34. The molecule has 3 rings (SSSR count). The third-order valence-electron chi connectivity index (χ3n) is 4.29. The Kier molecular flexibility index (Phi) is 4.30. The fourth-order valence-electron chi connectivity index (χ4n) is 2.82. The maximum Gasteiger partial charge on any atom is 0.267 e. The minimum absolute atomic E-state index is 0.0540. The fourth-order valence-corrected chi connectivity index (χ4v) is 3.82. The van der Waals surface area contributed by atoms with Gasteiger partial charge >= 0.3 is 0 Å². The maximum absolute atomic E-state index is 12.6. The van der Waals surface area contributed by atoms with Crippen molar-refractivity contribution in [1.29, 1.82) is 0 Å². The van der Waals surface area contributed by atoms with Gasteiger partial charge in [0.05, 0.1) is 0 Å². The molecule has 0 unspecified atom stereocenters. The van der Waals surface area contributed by atoms with Crippen molar-refractivity contribution >= 4 is 28.2 Å². The van der Waals surface area contributed by atoms with Crippen LogP contribution in [0.4, 0.5) is 10.9 Å². The minimum Gasteiger partial charge on any atom is -0.382 e. The number of carbonyl (C=O) groups excluding carboxylic acids is 1. The van der Waals surface area contributed by atoms with E-state index in [0.29, 0.717) is 16.6 Å². The lowest BCUT2D eigenvalue weighted by atomic mass is 9.99. The van der Waals surface area contributed by atoms with Crippen molar-refractivity contribution in [2.24, 2.45) is 5.92 Å². The SMILES string of the molecule is CC1CCN(C(=O)c2sc(N3CCNCC3)nc2N)CC1. The number of carbonyl (C=O) groups is 1. The number of piperazine rings is 1. The normalized spacial score (nSPS) is 20.8. The summed E-state index contributed by atoms with van der Waals surface area (Å²) >= 11 is 1.44. The predicted octanol–water partition coefficient (Wildman–Crippen LogP) is 1.01. The number of hydrogen-bond acceptors (Lipinski definition) is 6. The van der Waals surface area contributed by atoms with Crippen molar-refractivity contribution in [2.75, 3.05) is 49.9 Å². The molecule has 2 fully saturated rings. The van der Waals surface area contributed by atoms with Gasteiger partial charge in [0.2, 0.25) is 0 Å². The first-order valence-corrected chi connectivity index (χ1v) is 8.48. The Bertz CT molecular complexity index is 503. The first-order chi connectivity index (χ1) is 10.1. The molecule has 0 aromatic carbocycles. The summed E-state index contributed by atoms with van der Waals surface area (Å²) in [5.74, 6) is 1.15. The van der Waals surface area contributed by atoms with Crippen molar-refractivity contribution in [3.8, 4) is 0 Å². The lowest BCUT2D eigenvalue weighted by Gasteiger charge is -2.30. The maximum atomic E-state index is 12.6. The number of anilines is 2. The topological polar surface area (TPSA) is 74.5 Å². The molecule has 7 heteroatoms. The van der Waals surface area contributed by atoms with Crippen LogP contribution >= 0.6 is 11.3 Å². The van der Waals surface area contributed by atoms with Gasteiger partial charge in [0, 0.05) is 39.3 Å². The molecule has 6 nitrogen and oxygen atoms in total. The average Bonchev–Trinajstić information content (AvgIpc) is 2.90. The number of nitrogens with zero attached hydrogens (tertiary/aromatic N) is 3. The van der Waals surface area contributed by atoms with Crippen LogP contribution in [0.1, 0.15) is 29.4 Å². The standard InChI is InChI=1S/C14H23N5OS/c1-10-2-6-18(7-3-10)13(20)11-12(15)17-14(21-11)19-8-4-16-5-9-19/h10,16H,2-9,15H2,1H3. The average molecular weight is 309 g/mol. The van der Waals surface area contributed by atoms with Crippen molar-refractivity contribution in [1.82, 2.24) is 15.2 Å². The van der Waals surface area contributed by atoms with E-state index in [1.54, 1.807) is 0 Å². The molecule has 0 saturated carbocycles. The molecule has 1 aromatic rings. The lowest BCUT2D eigenvalue weighted by molar-refractivity contribution is 0.0703. The van der Waals surface area contributed by atoms with Crippen LogP contribution in [-0.4, -0.2) is 55.1 Å². The van der Waals surface area contributed by atoms with E-state index in [0.717, 1.165) is 57.2 Å². The number of rotatable bonds is 2. The molecule has 0 bridgehead atoms. The summed E-state index contributed by atoms with van der Waals surface area (Å²) in [6.45, 7) is 7.65. The van der Waals surface area contributed by atoms with E-state index >= 15 is 0 Å². The summed E-state index contributed by atoms with van der Waals surface area (Å²) in [4.78, 5) is 21.8. The van der Waals surface area contributed by atoms with Crippen LogP contribution in [0.2, 0.25) is 0 Å². The molecule has 3 heterocycles. The number of aromatic nitrogens is 1. The summed E-state index contributed by atoms with van der Waals surface area (Å²) in [6, 6.07) is 0. The van der Waals surface area contributed by atoms with E-state index in [9.17, 15) is 4.79 Å². The molecule has 21 heavy (non-hydrogen) atoms. The lowest BCUT2D eigenvalue weighted by Crippen LogP contribution is -2.43. The van der Waals surface area contributed by atoms with Crippen LogP contribution < -0.4 is 16.0 Å². The number of thiazole rings is 1. The molecule has 0 atom stereocenters. The zero-order chi connectivity index (χ0) is 14.8. The van der Waals surface area contributed by atoms with Gasteiger partial charge in [0.15, 0.2) is 5.13 Å². The van der Waals surface area contributed by atoms with E-state index in [2.05, 4.69) is 22.1 Å². The van der Waals surface area contributed by atoms with E-state index in [1.165, 1.54) is 11.3 Å². The van der Waals surface area contributed by atoms with Gasteiger partial charge in [0.25, 0.3) is 5.91 Å². The number of nitrogens with two attached hydrogens (primary N) is 1. The van der Waals surface area contributed by atoms with Crippen LogP contribution in [0, 0.1) is 5.92 Å². The van der Waals surface area contributed by atoms with Gasteiger partial charge < -0.3 is 20.9 Å². The van der Waals surface area contributed by atoms with Crippen molar-refractivity contribution in [3.05, 3.63) is 4.88 Å². The summed E-state index contributed by atoms with van der Waals surface area (Å²) in [6.07, 6.45) is 2.16. The van der Waals surface area contributed by atoms with Gasteiger partial charge in [-0.1, -0.05) is 18.3 Å². The number of amides is 1. The van der Waals surface area contributed by atoms with Crippen molar-refractivity contribution in [2.45, 2.75) is 19.8 Å². The minimum atomic E-state index is 0.0540. The molecule has 0 aliphatic carbocycles. The summed E-state index contributed by atoms with van der Waals surface area (Å²) in [5.41, 5.74) is 5.99. The van der Waals surface area contributed by atoms with E-state index in [-0.39, 0.29) is 5.91 Å². The molecule has 2 aliphatic rings. The number of likely N-dealkylation sites (tertiary alicyclic amines) is 1. The molecule has 2 aliphatic heterocycles. The Morgan fingerprint density at radius 1 is 1.29 bits per heavy atom. The van der Waals surface area contributed by atoms with Crippen LogP contribution in [0.5, 0.6) is 0 Å². The Morgan fingerprint density at radius 2 is 1.95 bits per heavy atom. The molecular weight excluding hydrogens is 286 g/mol. The van der Waals surface area contributed by atoms with Gasteiger partial charge in [0.1, 0.15) is 10.7 Å². The van der Waals surface area contributed by atoms with Gasteiger partial charge in [-0.2, -0.15) is 0 Å². The van der Waals surface area contributed by atoms with Crippen LogP contribution in [0.15, 0.2) is 0 Å². The van der Waals surface area contributed by atoms with E-state index in [4.69, 9.17) is 5.73 Å². The monoisotopic (exact) mass is 309 g/mol. The first kappa shape index (κ1) is 14.6. The zero-order valence-corrected chi connectivity index (χ0v) is 13.3.